The largest absolute Gasteiger partial charge is 0.466 e. The van der Waals surface area contributed by atoms with E-state index >= 15 is 0 Å². The Morgan fingerprint density at radius 1 is 1.28 bits per heavy atom. The standard InChI is InChI=1S/C24H28FN3O3S/c1-3-19-21(23(30)31-2)22(15-8-7-9-16(25)12-15)28-18(14-32-24(28)27-19)13-20(29)26-17-10-5-4-6-11-17/h7-9,12,14,17,22H,3-6,10-11,13H2,1-2H3,(H,26,29)/t22-/m1/s1. The molecule has 2 aliphatic heterocycles. The van der Waals surface area contributed by atoms with Crippen LogP contribution in [0.3, 0.4) is 0 Å². The van der Waals surface area contributed by atoms with Crippen LogP contribution in [0.1, 0.15) is 63.5 Å². The Labute approximate surface area is 192 Å². The van der Waals surface area contributed by atoms with E-state index < -0.39 is 12.0 Å². The van der Waals surface area contributed by atoms with Gasteiger partial charge in [-0.2, -0.15) is 0 Å². The molecule has 1 aliphatic carbocycles. The quantitative estimate of drug-likeness (QED) is 0.621. The molecule has 1 amide bonds. The molecule has 1 aromatic carbocycles. The number of hydrogen-bond acceptors (Lipinski definition) is 6. The van der Waals surface area contributed by atoms with E-state index in [0.29, 0.717) is 28.4 Å². The summed E-state index contributed by atoms with van der Waals surface area (Å²) in [5.41, 5.74) is 2.36. The van der Waals surface area contributed by atoms with Gasteiger partial charge in [0.2, 0.25) is 5.91 Å². The SMILES string of the molecule is CCC1=C(C(=O)OC)[C@@H](c2cccc(F)c2)N2C(CC(=O)NC3CCCCC3)=CSC2=N1. The predicted molar refractivity (Wildman–Crippen MR) is 123 cm³/mol. The van der Waals surface area contributed by atoms with Gasteiger partial charge in [-0.15, -0.1) is 0 Å². The second-order valence-electron chi connectivity index (χ2n) is 8.23. The number of rotatable bonds is 6. The summed E-state index contributed by atoms with van der Waals surface area (Å²) in [6.07, 6.45) is 6.23. The number of thioether (sulfide) groups is 1. The molecule has 2 heterocycles. The lowest BCUT2D eigenvalue weighted by molar-refractivity contribution is -0.136. The normalized spacial score (nSPS) is 21.1. The van der Waals surface area contributed by atoms with Crippen molar-refractivity contribution in [1.29, 1.82) is 0 Å². The molecule has 4 rings (SSSR count). The Morgan fingerprint density at radius 2 is 2.06 bits per heavy atom. The van der Waals surface area contributed by atoms with Crippen LogP contribution >= 0.6 is 11.8 Å². The van der Waals surface area contributed by atoms with Gasteiger partial charge < -0.3 is 15.0 Å². The van der Waals surface area contributed by atoms with Crippen molar-refractivity contribution < 1.29 is 18.7 Å². The van der Waals surface area contributed by atoms with Crippen molar-refractivity contribution >= 4 is 28.8 Å². The van der Waals surface area contributed by atoms with Gasteiger partial charge in [0.1, 0.15) is 5.82 Å². The average Bonchev–Trinajstić information content (AvgIpc) is 3.19. The summed E-state index contributed by atoms with van der Waals surface area (Å²) in [5, 5.41) is 5.74. The van der Waals surface area contributed by atoms with Crippen molar-refractivity contribution in [3.8, 4) is 0 Å². The summed E-state index contributed by atoms with van der Waals surface area (Å²) in [7, 11) is 1.33. The highest BCUT2D eigenvalue weighted by atomic mass is 32.2. The third-order valence-corrected chi connectivity index (χ3v) is 6.99. The lowest BCUT2D eigenvalue weighted by atomic mass is 9.92. The minimum Gasteiger partial charge on any atom is -0.466 e. The van der Waals surface area contributed by atoms with Crippen molar-refractivity contribution in [2.75, 3.05) is 7.11 Å². The first-order chi connectivity index (χ1) is 15.5. The number of hydrogen-bond donors (Lipinski definition) is 1. The van der Waals surface area contributed by atoms with Gasteiger partial charge >= 0.3 is 5.97 Å². The van der Waals surface area contributed by atoms with Crippen molar-refractivity contribution in [2.24, 2.45) is 4.99 Å². The second-order valence-corrected chi connectivity index (χ2v) is 9.07. The number of allylic oxidation sites excluding steroid dienone is 1. The maximum Gasteiger partial charge on any atom is 0.338 e. The van der Waals surface area contributed by atoms with E-state index in [2.05, 4.69) is 5.32 Å². The van der Waals surface area contributed by atoms with E-state index in [1.54, 1.807) is 12.1 Å². The van der Waals surface area contributed by atoms with Crippen LogP contribution in [0, 0.1) is 5.82 Å². The summed E-state index contributed by atoms with van der Waals surface area (Å²) >= 11 is 1.42. The van der Waals surface area contributed by atoms with Crippen LogP contribution in [-0.2, 0) is 14.3 Å². The maximum absolute atomic E-state index is 14.2. The number of carbonyl (C=O) groups excluding carboxylic acids is 2. The highest BCUT2D eigenvalue weighted by Crippen LogP contribution is 2.45. The fourth-order valence-electron chi connectivity index (χ4n) is 4.59. The molecule has 1 fully saturated rings. The third-order valence-electron chi connectivity index (χ3n) is 6.11. The molecule has 0 unspecified atom stereocenters. The molecule has 0 aromatic heterocycles. The zero-order valence-corrected chi connectivity index (χ0v) is 19.2. The molecule has 0 radical (unpaired) electrons. The molecule has 1 N–H and O–H groups in total. The number of halogens is 1. The average molecular weight is 458 g/mol. The first-order valence-electron chi connectivity index (χ1n) is 11.1. The Bertz CT molecular complexity index is 998. The highest BCUT2D eigenvalue weighted by molar-refractivity contribution is 8.16. The predicted octanol–water partition coefficient (Wildman–Crippen LogP) is 4.80. The number of aliphatic imine (C=N–C) groups is 1. The number of amides is 1. The smallest absolute Gasteiger partial charge is 0.338 e. The monoisotopic (exact) mass is 457 g/mol. The van der Waals surface area contributed by atoms with Crippen LogP contribution < -0.4 is 5.32 Å². The van der Waals surface area contributed by atoms with Gasteiger partial charge in [-0.1, -0.05) is 50.1 Å². The topological polar surface area (TPSA) is 71.0 Å². The van der Waals surface area contributed by atoms with Crippen LogP contribution in [0.5, 0.6) is 0 Å². The van der Waals surface area contributed by atoms with Crippen LogP contribution in [0.25, 0.3) is 0 Å². The number of carbonyl (C=O) groups is 2. The number of ether oxygens (including phenoxy) is 1. The van der Waals surface area contributed by atoms with E-state index in [-0.39, 0.29) is 24.2 Å². The molecule has 1 atom stereocenters. The van der Waals surface area contributed by atoms with Gasteiger partial charge in [-0.05, 0) is 42.4 Å². The van der Waals surface area contributed by atoms with E-state index in [1.165, 1.54) is 37.4 Å². The maximum atomic E-state index is 14.2. The number of nitrogens with one attached hydrogen (secondary N) is 1. The van der Waals surface area contributed by atoms with Crippen LogP contribution in [0.2, 0.25) is 0 Å². The van der Waals surface area contributed by atoms with Gasteiger partial charge in [-0.25, -0.2) is 14.2 Å². The van der Waals surface area contributed by atoms with Crippen molar-refractivity contribution in [1.82, 2.24) is 10.2 Å². The molecular weight excluding hydrogens is 429 g/mol. The van der Waals surface area contributed by atoms with Crippen molar-refractivity contribution in [2.45, 2.75) is 64.0 Å². The van der Waals surface area contributed by atoms with Gasteiger partial charge in [-0.3, -0.25) is 4.79 Å². The van der Waals surface area contributed by atoms with Crippen LogP contribution in [0.15, 0.2) is 51.6 Å². The molecule has 0 bridgehead atoms. The summed E-state index contributed by atoms with van der Waals surface area (Å²) < 4.78 is 19.2. The fourth-order valence-corrected chi connectivity index (χ4v) is 5.53. The van der Waals surface area contributed by atoms with Gasteiger partial charge in [0.05, 0.1) is 30.8 Å². The third kappa shape index (κ3) is 4.60. The molecule has 8 heteroatoms. The number of esters is 1. The molecule has 0 saturated heterocycles. The van der Waals surface area contributed by atoms with E-state index in [1.807, 2.05) is 17.2 Å². The Hall–Kier alpha value is -2.61. The number of methoxy groups -OCH3 is 1. The van der Waals surface area contributed by atoms with Crippen molar-refractivity contribution in [3.05, 3.63) is 58.0 Å². The van der Waals surface area contributed by atoms with Crippen LogP contribution in [0.4, 0.5) is 4.39 Å². The first kappa shape index (κ1) is 22.6. The minimum absolute atomic E-state index is 0.0483. The fraction of sp³-hybridized carbons (Fsp3) is 0.458. The van der Waals surface area contributed by atoms with Crippen molar-refractivity contribution in [3.63, 3.8) is 0 Å². The molecule has 32 heavy (non-hydrogen) atoms. The van der Waals surface area contributed by atoms with E-state index in [0.717, 1.165) is 31.4 Å². The Morgan fingerprint density at radius 3 is 2.75 bits per heavy atom. The summed E-state index contributed by atoms with van der Waals surface area (Å²) in [6.45, 7) is 1.92. The molecule has 0 spiro atoms. The molecule has 3 aliphatic rings. The van der Waals surface area contributed by atoms with E-state index in [4.69, 9.17) is 9.73 Å². The second kappa shape index (κ2) is 9.90. The van der Waals surface area contributed by atoms with Crippen LogP contribution in [-0.4, -0.2) is 35.1 Å². The minimum atomic E-state index is -0.607. The molecule has 1 aromatic rings. The first-order valence-corrected chi connectivity index (χ1v) is 12.0. The summed E-state index contributed by atoms with van der Waals surface area (Å²) in [5.74, 6) is -0.934. The summed E-state index contributed by atoms with van der Waals surface area (Å²) in [4.78, 5) is 32.2. The Kier molecular flexibility index (Phi) is 6.98. The number of benzene rings is 1. The lowest BCUT2D eigenvalue weighted by Crippen LogP contribution is -2.40. The number of fused-ring (bicyclic) bond motifs is 1. The zero-order chi connectivity index (χ0) is 22.7. The zero-order valence-electron chi connectivity index (χ0n) is 18.4. The Balaban J connectivity index is 1.66. The molecular formula is C24H28FN3O3S. The molecule has 1 saturated carbocycles. The van der Waals surface area contributed by atoms with Gasteiger partial charge in [0.25, 0.3) is 0 Å². The lowest BCUT2D eigenvalue weighted by Gasteiger charge is -2.36. The number of amidine groups is 1. The molecule has 6 nitrogen and oxygen atoms in total. The van der Waals surface area contributed by atoms with Gasteiger partial charge in [0.15, 0.2) is 5.17 Å². The van der Waals surface area contributed by atoms with Gasteiger partial charge in [0, 0.05) is 11.7 Å². The molecule has 170 valence electrons. The summed E-state index contributed by atoms with van der Waals surface area (Å²) in [6, 6.07) is 5.82. The van der Waals surface area contributed by atoms with E-state index in [9.17, 15) is 14.0 Å². The highest BCUT2D eigenvalue weighted by Gasteiger charge is 2.41. The number of nitrogens with zero attached hydrogens (tertiary/aromatic N) is 2.